The lowest BCUT2D eigenvalue weighted by Crippen LogP contribution is -2.45. The first-order valence-corrected chi connectivity index (χ1v) is 11.0. The van der Waals surface area contributed by atoms with Crippen molar-refractivity contribution in [2.24, 2.45) is 0 Å². The molecular weight excluding hydrogens is 448 g/mol. The van der Waals surface area contributed by atoms with Crippen molar-refractivity contribution in [3.05, 3.63) is 58.9 Å². The molecule has 3 aromatic rings. The number of imidazole rings is 1. The van der Waals surface area contributed by atoms with Crippen molar-refractivity contribution < 1.29 is 33.0 Å². The zero-order valence-electron chi connectivity index (χ0n) is 18.9. The van der Waals surface area contributed by atoms with Gasteiger partial charge >= 0.3 is 12.1 Å². The van der Waals surface area contributed by atoms with Crippen molar-refractivity contribution in [3.63, 3.8) is 0 Å². The number of hydrogen-bond donors (Lipinski definition) is 1. The Labute approximate surface area is 194 Å². The van der Waals surface area contributed by atoms with E-state index in [4.69, 9.17) is 9.47 Å². The number of halogens is 2. The fourth-order valence-corrected chi connectivity index (χ4v) is 4.16. The van der Waals surface area contributed by atoms with Crippen LogP contribution in [-0.4, -0.2) is 63.9 Å². The minimum atomic E-state index is -1.04. The van der Waals surface area contributed by atoms with E-state index in [1.54, 1.807) is 23.6 Å². The van der Waals surface area contributed by atoms with Crippen LogP contribution < -0.4 is 0 Å². The number of aromatic nitrogens is 2. The van der Waals surface area contributed by atoms with Gasteiger partial charge in [-0.15, -0.1) is 0 Å². The van der Waals surface area contributed by atoms with Crippen LogP contribution in [0.4, 0.5) is 13.6 Å². The van der Waals surface area contributed by atoms with Crippen LogP contribution in [0.3, 0.4) is 0 Å². The van der Waals surface area contributed by atoms with Crippen LogP contribution in [0.5, 0.6) is 0 Å². The van der Waals surface area contributed by atoms with Crippen LogP contribution in [0.25, 0.3) is 16.9 Å². The number of ether oxygens (including phenoxy) is 2. The molecule has 34 heavy (non-hydrogen) atoms. The van der Waals surface area contributed by atoms with Crippen LogP contribution in [0, 0.1) is 18.6 Å². The number of nitrogens with zero attached hydrogens (tertiary/aromatic N) is 3. The van der Waals surface area contributed by atoms with Gasteiger partial charge in [0.1, 0.15) is 17.3 Å². The molecule has 0 radical (unpaired) electrons. The van der Waals surface area contributed by atoms with E-state index in [0.29, 0.717) is 11.3 Å². The molecule has 1 amide bonds. The number of carbonyl (C=O) groups is 2. The van der Waals surface area contributed by atoms with E-state index in [-0.39, 0.29) is 56.0 Å². The Hall–Kier alpha value is -3.53. The first kappa shape index (κ1) is 23.6. The van der Waals surface area contributed by atoms with Crippen molar-refractivity contribution in [2.45, 2.75) is 32.8 Å². The number of aryl methyl sites for hydroxylation is 1. The topological polar surface area (TPSA) is 93.4 Å². The van der Waals surface area contributed by atoms with Gasteiger partial charge in [0.05, 0.1) is 49.2 Å². The molecule has 1 aliphatic heterocycles. The number of morpholine rings is 1. The van der Waals surface area contributed by atoms with Gasteiger partial charge in [-0.05, 0) is 49.2 Å². The van der Waals surface area contributed by atoms with Crippen LogP contribution >= 0.6 is 0 Å². The summed E-state index contributed by atoms with van der Waals surface area (Å²) in [5.74, 6) is -2.27. The lowest BCUT2D eigenvalue weighted by Gasteiger charge is -2.31. The fourth-order valence-electron chi connectivity index (χ4n) is 4.16. The molecule has 1 atom stereocenters. The predicted octanol–water partition coefficient (Wildman–Crippen LogP) is 3.61. The molecule has 0 unspecified atom stereocenters. The first-order chi connectivity index (χ1) is 16.3. The number of rotatable bonds is 6. The molecule has 0 aliphatic carbocycles. The molecule has 180 valence electrons. The van der Waals surface area contributed by atoms with Crippen LogP contribution in [-0.2, 0) is 27.1 Å². The molecule has 1 aliphatic rings. The number of fused-ring (bicyclic) bond motifs is 1. The third-order valence-corrected chi connectivity index (χ3v) is 5.70. The minimum absolute atomic E-state index is 0.110. The van der Waals surface area contributed by atoms with Gasteiger partial charge < -0.3 is 23.9 Å². The summed E-state index contributed by atoms with van der Waals surface area (Å²) in [5, 5.41) is 9.33. The van der Waals surface area contributed by atoms with E-state index in [0.717, 1.165) is 17.7 Å². The molecule has 8 nitrogen and oxygen atoms in total. The van der Waals surface area contributed by atoms with Crippen molar-refractivity contribution in [3.8, 4) is 11.3 Å². The number of benzene rings is 1. The van der Waals surface area contributed by atoms with E-state index in [1.165, 1.54) is 4.90 Å². The molecule has 1 saturated heterocycles. The third-order valence-electron chi connectivity index (χ3n) is 5.70. The molecule has 0 spiro atoms. The molecule has 1 aromatic carbocycles. The van der Waals surface area contributed by atoms with Gasteiger partial charge in [0.2, 0.25) is 0 Å². The number of pyridine rings is 1. The maximum Gasteiger partial charge on any atom is 0.407 e. The maximum atomic E-state index is 15.2. The maximum absolute atomic E-state index is 15.2. The predicted molar refractivity (Wildman–Crippen MR) is 119 cm³/mol. The highest BCUT2D eigenvalue weighted by molar-refractivity contribution is 5.74. The van der Waals surface area contributed by atoms with E-state index in [1.807, 2.05) is 13.0 Å². The van der Waals surface area contributed by atoms with Gasteiger partial charge in [-0.3, -0.25) is 4.79 Å². The average Bonchev–Trinajstić information content (AvgIpc) is 3.10. The van der Waals surface area contributed by atoms with Gasteiger partial charge in [-0.1, -0.05) is 0 Å². The van der Waals surface area contributed by atoms with E-state index in [9.17, 15) is 14.7 Å². The summed E-state index contributed by atoms with van der Waals surface area (Å²) in [4.78, 5) is 28.9. The molecule has 0 saturated carbocycles. The normalized spacial score (nSPS) is 16.1. The second-order valence-corrected chi connectivity index (χ2v) is 8.18. The summed E-state index contributed by atoms with van der Waals surface area (Å²) in [6, 6.07) is 5.86. The monoisotopic (exact) mass is 473 g/mol. The van der Waals surface area contributed by atoms with Gasteiger partial charge in [0.25, 0.3) is 0 Å². The second kappa shape index (κ2) is 9.76. The SMILES string of the molecule is CCOC(=O)Cc1cc(F)c(-c2nc3cc(C)ccn3c2C[C@H]2CN(C(=O)O)CCO2)c(F)c1. The standard InChI is InChI=1S/C24H25F2N3O5/c1-3-33-21(30)11-15-9-17(25)22(18(26)10-15)23-19(29-5-4-14(2)8-20(29)27-23)12-16-13-28(24(31)32)6-7-34-16/h4-5,8-10,16H,3,6-7,11-13H2,1-2H3,(H,31,32)/t16-/m0/s1. The van der Waals surface area contributed by atoms with E-state index >= 15 is 8.78 Å². The minimum Gasteiger partial charge on any atom is -0.466 e. The lowest BCUT2D eigenvalue weighted by molar-refractivity contribution is -0.142. The van der Waals surface area contributed by atoms with Gasteiger partial charge in [-0.2, -0.15) is 0 Å². The molecule has 4 rings (SSSR count). The van der Waals surface area contributed by atoms with Crippen LogP contribution in [0.15, 0.2) is 30.5 Å². The first-order valence-electron chi connectivity index (χ1n) is 11.0. The van der Waals surface area contributed by atoms with Gasteiger partial charge in [-0.25, -0.2) is 18.6 Å². The lowest BCUT2D eigenvalue weighted by atomic mass is 10.0. The Morgan fingerprint density at radius 1 is 1.26 bits per heavy atom. The average molecular weight is 473 g/mol. The van der Waals surface area contributed by atoms with Gasteiger partial charge in [0.15, 0.2) is 0 Å². The third kappa shape index (κ3) is 4.86. The Balaban J connectivity index is 1.75. The summed E-state index contributed by atoms with van der Waals surface area (Å²) in [6.07, 6.45) is 0.169. The van der Waals surface area contributed by atoms with Crippen molar-refractivity contribution in [1.29, 1.82) is 0 Å². The number of esters is 1. The molecular formula is C24H25F2N3O5. The largest absolute Gasteiger partial charge is 0.466 e. The summed E-state index contributed by atoms with van der Waals surface area (Å²) in [5.41, 5.74) is 1.89. The van der Waals surface area contributed by atoms with Crippen molar-refractivity contribution >= 4 is 17.7 Å². The van der Waals surface area contributed by atoms with Crippen LogP contribution in [0.2, 0.25) is 0 Å². The summed E-state index contributed by atoms with van der Waals surface area (Å²) < 4.78 is 42.8. The molecule has 1 fully saturated rings. The van der Waals surface area contributed by atoms with Gasteiger partial charge in [0, 0.05) is 19.2 Å². The van der Waals surface area contributed by atoms with Crippen molar-refractivity contribution in [1.82, 2.24) is 14.3 Å². The zero-order chi connectivity index (χ0) is 24.4. The fraction of sp³-hybridized carbons (Fsp3) is 0.375. The molecule has 0 bridgehead atoms. The summed E-state index contributed by atoms with van der Waals surface area (Å²) in [7, 11) is 0. The summed E-state index contributed by atoms with van der Waals surface area (Å²) >= 11 is 0. The number of amides is 1. The number of hydrogen-bond acceptors (Lipinski definition) is 5. The number of carboxylic acid groups (broad SMARTS) is 1. The molecule has 2 aromatic heterocycles. The highest BCUT2D eigenvalue weighted by atomic mass is 19.1. The number of carbonyl (C=O) groups excluding carboxylic acids is 1. The smallest absolute Gasteiger partial charge is 0.407 e. The Kier molecular flexibility index (Phi) is 6.78. The molecule has 1 N–H and O–H groups in total. The quantitative estimate of drug-likeness (QED) is 0.550. The van der Waals surface area contributed by atoms with E-state index in [2.05, 4.69) is 4.98 Å². The molecule has 10 heteroatoms. The van der Waals surface area contributed by atoms with Crippen LogP contribution in [0.1, 0.15) is 23.7 Å². The van der Waals surface area contributed by atoms with Crippen molar-refractivity contribution in [2.75, 3.05) is 26.3 Å². The highest BCUT2D eigenvalue weighted by Crippen LogP contribution is 2.32. The highest BCUT2D eigenvalue weighted by Gasteiger charge is 2.28. The second-order valence-electron chi connectivity index (χ2n) is 8.18. The molecule has 3 heterocycles. The Bertz CT molecular complexity index is 1220. The Morgan fingerprint density at radius 2 is 2.00 bits per heavy atom. The van der Waals surface area contributed by atoms with E-state index < -0.39 is 29.8 Å². The Morgan fingerprint density at radius 3 is 2.68 bits per heavy atom. The zero-order valence-corrected chi connectivity index (χ0v) is 18.9. The summed E-state index contributed by atoms with van der Waals surface area (Å²) in [6.45, 7) is 4.34.